The molecule has 0 spiro atoms. The van der Waals surface area contributed by atoms with Gasteiger partial charge in [0.1, 0.15) is 5.76 Å². The predicted octanol–water partition coefficient (Wildman–Crippen LogP) is 2.20. The summed E-state index contributed by atoms with van der Waals surface area (Å²) in [4.78, 5) is 0. The van der Waals surface area contributed by atoms with Crippen LogP contribution in [-0.2, 0) is 6.42 Å². The lowest BCUT2D eigenvalue weighted by Crippen LogP contribution is -2.17. The largest absolute Gasteiger partial charge is 0.411 e. The normalized spacial score (nSPS) is 24.8. The quantitative estimate of drug-likeness (QED) is 0.563. The molecule has 0 saturated heterocycles. The molecule has 0 radical (unpaired) electrons. The van der Waals surface area contributed by atoms with Gasteiger partial charge in [0, 0.05) is 6.42 Å². The van der Waals surface area contributed by atoms with E-state index in [1.165, 1.54) is 0 Å². The van der Waals surface area contributed by atoms with Gasteiger partial charge in [-0.05, 0) is 28.3 Å². The summed E-state index contributed by atoms with van der Waals surface area (Å²) in [5, 5.41) is 15.8. The maximum atomic E-state index is 8.80. The average molecular weight is 245 g/mol. The monoisotopic (exact) mass is 244 g/mol. The Bertz CT molecular complexity index is 359. The van der Waals surface area contributed by atoms with Crippen molar-refractivity contribution >= 4 is 21.6 Å². The van der Waals surface area contributed by atoms with Gasteiger partial charge in [0.15, 0.2) is 4.60 Å². The molecule has 0 saturated carbocycles. The van der Waals surface area contributed by atoms with Crippen LogP contribution in [0.3, 0.4) is 0 Å². The third kappa shape index (κ3) is 1.37. The maximum Gasteiger partial charge on any atom is 0.158 e. The molecular formula is C8H9BrN2O2. The van der Waals surface area contributed by atoms with E-state index in [0.717, 1.165) is 24.2 Å². The van der Waals surface area contributed by atoms with Crippen LogP contribution in [0.25, 0.3) is 0 Å². The average Bonchev–Trinajstić information content (AvgIpc) is 2.46. The molecule has 1 aromatic heterocycles. The molecule has 2 rings (SSSR count). The number of hydrogen-bond acceptors (Lipinski definition) is 4. The Morgan fingerprint density at radius 3 is 3.08 bits per heavy atom. The first kappa shape index (κ1) is 8.74. The van der Waals surface area contributed by atoms with Crippen LogP contribution in [-0.4, -0.2) is 16.1 Å². The number of aromatic nitrogens is 1. The Morgan fingerprint density at radius 2 is 2.38 bits per heavy atom. The van der Waals surface area contributed by atoms with Gasteiger partial charge < -0.3 is 9.73 Å². The molecule has 1 aliphatic rings. The van der Waals surface area contributed by atoms with Crippen LogP contribution in [0.5, 0.6) is 0 Å². The summed E-state index contributed by atoms with van der Waals surface area (Å²) in [5.41, 5.74) is 1.47. The second-order valence-electron chi connectivity index (χ2n) is 3.33. The van der Waals surface area contributed by atoms with Crippen molar-refractivity contribution in [2.45, 2.75) is 19.8 Å². The predicted molar refractivity (Wildman–Crippen MR) is 50.0 cm³/mol. The number of hydrogen-bond donors (Lipinski definition) is 1. The highest BCUT2D eigenvalue weighted by Gasteiger charge is 2.27. The fourth-order valence-corrected chi connectivity index (χ4v) is 2.15. The molecule has 4 nitrogen and oxygen atoms in total. The second-order valence-corrected chi connectivity index (χ2v) is 4.08. The van der Waals surface area contributed by atoms with Crippen LogP contribution in [0.2, 0.25) is 0 Å². The first-order chi connectivity index (χ1) is 6.22. The van der Waals surface area contributed by atoms with E-state index < -0.39 is 0 Å². The van der Waals surface area contributed by atoms with E-state index in [-0.39, 0.29) is 0 Å². The molecule has 1 N–H and O–H groups in total. The molecule has 1 atom stereocenters. The van der Waals surface area contributed by atoms with Gasteiger partial charge in [-0.15, -0.1) is 0 Å². The van der Waals surface area contributed by atoms with Gasteiger partial charge in [-0.25, -0.2) is 0 Å². The summed E-state index contributed by atoms with van der Waals surface area (Å²) in [6, 6.07) is 0. The molecule has 13 heavy (non-hydrogen) atoms. The minimum absolute atomic E-state index is 0.443. The zero-order chi connectivity index (χ0) is 9.42. The van der Waals surface area contributed by atoms with E-state index in [2.05, 4.69) is 33.2 Å². The molecule has 0 bridgehead atoms. The SMILES string of the molecule is CC1C/C(=N\O)c2c(Br)noc2C1. The molecule has 0 fully saturated rings. The Hall–Kier alpha value is -0.840. The molecule has 1 heterocycles. The fraction of sp³-hybridized carbons (Fsp3) is 0.500. The van der Waals surface area contributed by atoms with Crippen molar-refractivity contribution in [3.05, 3.63) is 15.9 Å². The van der Waals surface area contributed by atoms with Crippen LogP contribution in [0.4, 0.5) is 0 Å². The van der Waals surface area contributed by atoms with Crippen molar-refractivity contribution in [3.8, 4) is 0 Å². The summed E-state index contributed by atoms with van der Waals surface area (Å²) >= 11 is 3.26. The summed E-state index contributed by atoms with van der Waals surface area (Å²) in [6.07, 6.45) is 1.62. The molecule has 0 aliphatic heterocycles. The molecule has 70 valence electrons. The highest BCUT2D eigenvalue weighted by atomic mass is 79.9. The van der Waals surface area contributed by atoms with Crippen molar-refractivity contribution in [3.63, 3.8) is 0 Å². The van der Waals surface area contributed by atoms with Crippen LogP contribution < -0.4 is 0 Å². The van der Waals surface area contributed by atoms with Crippen LogP contribution >= 0.6 is 15.9 Å². The lowest BCUT2D eigenvalue weighted by atomic mass is 9.88. The highest BCUT2D eigenvalue weighted by molar-refractivity contribution is 9.10. The molecule has 1 unspecified atom stereocenters. The van der Waals surface area contributed by atoms with Crippen LogP contribution in [0.15, 0.2) is 14.3 Å². The smallest absolute Gasteiger partial charge is 0.158 e. The van der Waals surface area contributed by atoms with Gasteiger partial charge in [-0.1, -0.05) is 17.2 Å². The first-order valence-electron chi connectivity index (χ1n) is 4.07. The minimum Gasteiger partial charge on any atom is -0.411 e. The van der Waals surface area contributed by atoms with E-state index in [4.69, 9.17) is 9.73 Å². The van der Waals surface area contributed by atoms with Crippen LogP contribution in [0, 0.1) is 5.92 Å². The second kappa shape index (κ2) is 3.14. The lowest BCUT2D eigenvalue weighted by Gasteiger charge is -2.16. The number of oxime groups is 1. The third-order valence-corrected chi connectivity index (χ3v) is 2.75. The molecule has 1 aromatic rings. The standard InChI is InChI=1S/C8H9BrN2O2/c1-4-2-5(10-12)7-6(3-4)13-11-8(7)9/h4,12H,2-3H2,1H3/b10-5+. The van der Waals surface area contributed by atoms with E-state index in [0.29, 0.717) is 16.2 Å². The molecule has 1 aliphatic carbocycles. The minimum atomic E-state index is 0.443. The number of halogens is 1. The Balaban J connectivity index is 2.52. The van der Waals surface area contributed by atoms with Crippen molar-refractivity contribution in [2.24, 2.45) is 11.1 Å². The summed E-state index contributed by atoms with van der Waals surface area (Å²) < 4.78 is 5.73. The van der Waals surface area contributed by atoms with Gasteiger partial charge in [0.25, 0.3) is 0 Å². The lowest BCUT2D eigenvalue weighted by molar-refractivity contribution is 0.313. The molecular weight excluding hydrogens is 236 g/mol. The zero-order valence-corrected chi connectivity index (χ0v) is 8.71. The van der Waals surface area contributed by atoms with Crippen LogP contribution in [0.1, 0.15) is 24.7 Å². The fourth-order valence-electron chi connectivity index (χ4n) is 1.63. The number of fused-ring (bicyclic) bond motifs is 1. The van der Waals surface area contributed by atoms with Crippen molar-refractivity contribution < 1.29 is 9.73 Å². The van der Waals surface area contributed by atoms with E-state index in [9.17, 15) is 0 Å². The van der Waals surface area contributed by atoms with E-state index in [1.807, 2.05) is 0 Å². The Labute approximate surface area is 83.7 Å². The number of nitrogens with zero attached hydrogens (tertiary/aromatic N) is 2. The molecule has 5 heteroatoms. The van der Waals surface area contributed by atoms with Crippen molar-refractivity contribution in [2.75, 3.05) is 0 Å². The summed E-state index contributed by atoms with van der Waals surface area (Å²) in [6.45, 7) is 2.09. The van der Waals surface area contributed by atoms with Crippen molar-refractivity contribution in [1.29, 1.82) is 0 Å². The van der Waals surface area contributed by atoms with Crippen molar-refractivity contribution in [1.82, 2.24) is 5.16 Å². The topological polar surface area (TPSA) is 58.6 Å². The Morgan fingerprint density at radius 1 is 1.62 bits per heavy atom. The summed E-state index contributed by atoms with van der Waals surface area (Å²) in [7, 11) is 0. The molecule has 0 amide bonds. The Kier molecular flexibility index (Phi) is 2.11. The molecule has 0 aromatic carbocycles. The summed E-state index contributed by atoms with van der Waals surface area (Å²) in [5.74, 6) is 1.25. The first-order valence-corrected chi connectivity index (χ1v) is 4.87. The maximum absolute atomic E-state index is 8.80. The highest BCUT2D eigenvalue weighted by Crippen LogP contribution is 2.30. The van der Waals surface area contributed by atoms with Gasteiger partial charge in [0.2, 0.25) is 0 Å². The van der Waals surface area contributed by atoms with Gasteiger partial charge >= 0.3 is 0 Å². The third-order valence-electron chi connectivity index (χ3n) is 2.21. The van der Waals surface area contributed by atoms with E-state index in [1.54, 1.807) is 0 Å². The zero-order valence-electron chi connectivity index (χ0n) is 7.12. The van der Waals surface area contributed by atoms with Gasteiger partial charge in [0.05, 0.1) is 11.3 Å². The van der Waals surface area contributed by atoms with E-state index >= 15 is 0 Å². The van der Waals surface area contributed by atoms with Gasteiger partial charge in [-0.2, -0.15) is 0 Å². The number of rotatable bonds is 0. The van der Waals surface area contributed by atoms with Gasteiger partial charge in [-0.3, -0.25) is 0 Å².